The molecule has 1 saturated heterocycles. The van der Waals surface area contributed by atoms with Crippen molar-refractivity contribution in [3.63, 3.8) is 0 Å². The molecule has 1 aliphatic heterocycles. The quantitative estimate of drug-likeness (QED) is 0.755. The van der Waals surface area contributed by atoms with Crippen LogP contribution in [-0.2, 0) is 9.47 Å². The standard InChI is InChI=1S/C15H19F2NO3/c1-20-6-7-21-10-11-4-5-18(9-11)15(19)13-3-2-12(16)8-14(13)17/h2-3,8,11H,4-7,9-10H2,1H3/t11-/m0/s1. The summed E-state index contributed by atoms with van der Waals surface area (Å²) < 4.78 is 36.8. The Kier molecular flexibility index (Phi) is 5.64. The smallest absolute Gasteiger partial charge is 0.256 e. The van der Waals surface area contributed by atoms with Crippen molar-refractivity contribution in [2.45, 2.75) is 6.42 Å². The van der Waals surface area contributed by atoms with Gasteiger partial charge < -0.3 is 14.4 Å². The van der Waals surface area contributed by atoms with Crippen molar-refractivity contribution in [3.05, 3.63) is 35.4 Å². The van der Waals surface area contributed by atoms with E-state index < -0.39 is 17.5 Å². The maximum Gasteiger partial charge on any atom is 0.256 e. The Morgan fingerprint density at radius 2 is 2.19 bits per heavy atom. The highest BCUT2D eigenvalue weighted by Crippen LogP contribution is 2.20. The fourth-order valence-electron chi connectivity index (χ4n) is 2.38. The van der Waals surface area contributed by atoms with E-state index in [0.717, 1.165) is 18.6 Å². The largest absolute Gasteiger partial charge is 0.382 e. The molecule has 1 heterocycles. The lowest BCUT2D eigenvalue weighted by molar-refractivity contribution is 0.0515. The normalized spacial score (nSPS) is 18.2. The van der Waals surface area contributed by atoms with Crippen LogP contribution in [0.25, 0.3) is 0 Å². The number of hydrogen-bond acceptors (Lipinski definition) is 3. The van der Waals surface area contributed by atoms with Crippen molar-refractivity contribution in [1.82, 2.24) is 4.90 Å². The van der Waals surface area contributed by atoms with E-state index in [1.54, 1.807) is 12.0 Å². The van der Waals surface area contributed by atoms with Gasteiger partial charge in [-0.15, -0.1) is 0 Å². The molecule has 0 aliphatic carbocycles. The summed E-state index contributed by atoms with van der Waals surface area (Å²) >= 11 is 0. The predicted octanol–water partition coefficient (Wildman–Crippen LogP) is 2.09. The van der Waals surface area contributed by atoms with Gasteiger partial charge in [0.25, 0.3) is 5.91 Å². The van der Waals surface area contributed by atoms with E-state index in [2.05, 4.69) is 0 Å². The van der Waals surface area contributed by atoms with E-state index in [9.17, 15) is 13.6 Å². The zero-order valence-electron chi connectivity index (χ0n) is 12.0. The van der Waals surface area contributed by atoms with Crippen molar-refractivity contribution in [1.29, 1.82) is 0 Å². The van der Waals surface area contributed by atoms with Crippen LogP contribution in [0.15, 0.2) is 18.2 Å². The monoisotopic (exact) mass is 299 g/mol. The fourth-order valence-corrected chi connectivity index (χ4v) is 2.38. The van der Waals surface area contributed by atoms with E-state index in [4.69, 9.17) is 9.47 Å². The van der Waals surface area contributed by atoms with Gasteiger partial charge in [0.15, 0.2) is 0 Å². The van der Waals surface area contributed by atoms with Gasteiger partial charge in [-0.1, -0.05) is 0 Å². The topological polar surface area (TPSA) is 38.8 Å². The molecule has 0 N–H and O–H groups in total. The van der Waals surface area contributed by atoms with Crippen molar-refractivity contribution in [3.8, 4) is 0 Å². The second-order valence-corrected chi connectivity index (χ2v) is 5.10. The molecule has 21 heavy (non-hydrogen) atoms. The van der Waals surface area contributed by atoms with Crippen LogP contribution in [0.4, 0.5) is 8.78 Å². The zero-order valence-corrected chi connectivity index (χ0v) is 12.0. The minimum Gasteiger partial charge on any atom is -0.382 e. The van der Waals surface area contributed by atoms with Crippen LogP contribution in [0.1, 0.15) is 16.8 Å². The molecule has 1 aromatic rings. The van der Waals surface area contributed by atoms with E-state index in [1.807, 2.05) is 0 Å². The summed E-state index contributed by atoms with van der Waals surface area (Å²) in [5.41, 5.74) is -0.0858. The number of methoxy groups -OCH3 is 1. The van der Waals surface area contributed by atoms with Gasteiger partial charge in [0.1, 0.15) is 11.6 Å². The van der Waals surface area contributed by atoms with E-state index in [1.165, 1.54) is 6.07 Å². The van der Waals surface area contributed by atoms with E-state index in [-0.39, 0.29) is 11.5 Å². The Hall–Kier alpha value is -1.53. The first kappa shape index (κ1) is 15.9. The molecule has 0 unspecified atom stereocenters. The lowest BCUT2D eigenvalue weighted by Gasteiger charge is -2.17. The molecule has 2 rings (SSSR count). The first-order chi connectivity index (χ1) is 10.1. The molecule has 0 radical (unpaired) electrons. The molecule has 0 spiro atoms. The number of carbonyl (C=O) groups excluding carboxylic acids is 1. The van der Waals surface area contributed by atoms with Crippen LogP contribution >= 0.6 is 0 Å². The van der Waals surface area contributed by atoms with Gasteiger partial charge in [0, 0.05) is 32.2 Å². The molecule has 0 aromatic heterocycles. The molecular weight excluding hydrogens is 280 g/mol. The van der Waals surface area contributed by atoms with Crippen molar-refractivity contribution >= 4 is 5.91 Å². The maximum atomic E-state index is 13.6. The molecule has 1 aliphatic rings. The minimum atomic E-state index is -0.820. The highest BCUT2D eigenvalue weighted by atomic mass is 19.1. The first-order valence-electron chi connectivity index (χ1n) is 6.93. The summed E-state index contributed by atoms with van der Waals surface area (Å²) in [5, 5.41) is 0. The summed E-state index contributed by atoms with van der Waals surface area (Å²) in [7, 11) is 1.61. The van der Waals surface area contributed by atoms with E-state index >= 15 is 0 Å². The Bertz CT molecular complexity index is 496. The Balaban J connectivity index is 1.87. The second kappa shape index (κ2) is 7.47. The third-order valence-electron chi connectivity index (χ3n) is 3.52. The van der Waals surface area contributed by atoms with Gasteiger partial charge in [0.05, 0.1) is 25.4 Å². The van der Waals surface area contributed by atoms with Crippen LogP contribution in [0, 0.1) is 17.6 Å². The van der Waals surface area contributed by atoms with Crippen LogP contribution < -0.4 is 0 Å². The average Bonchev–Trinajstić information content (AvgIpc) is 2.92. The van der Waals surface area contributed by atoms with Crippen molar-refractivity contribution < 1.29 is 23.0 Å². The average molecular weight is 299 g/mol. The van der Waals surface area contributed by atoms with Crippen LogP contribution in [0.2, 0.25) is 0 Å². The Morgan fingerprint density at radius 3 is 2.90 bits per heavy atom. The molecule has 0 saturated carbocycles. The molecule has 4 nitrogen and oxygen atoms in total. The number of benzene rings is 1. The third kappa shape index (κ3) is 4.22. The van der Waals surface area contributed by atoms with Gasteiger partial charge in [-0.25, -0.2) is 8.78 Å². The van der Waals surface area contributed by atoms with Gasteiger partial charge in [-0.2, -0.15) is 0 Å². The van der Waals surface area contributed by atoms with Gasteiger partial charge in [-0.05, 0) is 18.6 Å². The molecule has 6 heteroatoms. The van der Waals surface area contributed by atoms with Crippen LogP contribution in [0.5, 0.6) is 0 Å². The maximum absolute atomic E-state index is 13.6. The number of rotatable bonds is 6. The number of ether oxygens (including phenoxy) is 2. The Labute approximate surface area is 122 Å². The summed E-state index contributed by atoms with van der Waals surface area (Å²) in [6.45, 7) is 2.71. The summed E-state index contributed by atoms with van der Waals surface area (Å²) in [4.78, 5) is 13.8. The lowest BCUT2D eigenvalue weighted by atomic mass is 10.1. The lowest BCUT2D eigenvalue weighted by Crippen LogP contribution is -2.30. The highest BCUT2D eigenvalue weighted by molar-refractivity contribution is 5.94. The first-order valence-corrected chi connectivity index (χ1v) is 6.93. The van der Waals surface area contributed by atoms with Gasteiger partial charge in [0.2, 0.25) is 0 Å². The number of nitrogens with zero attached hydrogens (tertiary/aromatic N) is 1. The van der Waals surface area contributed by atoms with Gasteiger partial charge >= 0.3 is 0 Å². The molecule has 1 atom stereocenters. The predicted molar refractivity (Wildman–Crippen MR) is 73.1 cm³/mol. The van der Waals surface area contributed by atoms with Crippen molar-refractivity contribution in [2.24, 2.45) is 5.92 Å². The summed E-state index contributed by atoms with van der Waals surface area (Å²) in [6, 6.07) is 3.02. The molecular formula is C15H19F2NO3. The Morgan fingerprint density at radius 1 is 1.38 bits per heavy atom. The number of amides is 1. The van der Waals surface area contributed by atoms with Crippen molar-refractivity contribution in [2.75, 3.05) is 40.0 Å². The number of halogens is 2. The molecule has 0 bridgehead atoms. The third-order valence-corrected chi connectivity index (χ3v) is 3.52. The molecule has 1 aromatic carbocycles. The van der Waals surface area contributed by atoms with Crippen LogP contribution in [-0.4, -0.2) is 50.8 Å². The molecule has 1 fully saturated rings. The zero-order chi connectivity index (χ0) is 15.2. The second-order valence-electron chi connectivity index (χ2n) is 5.10. The summed E-state index contributed by atoms with van der Waals surface area (Å²) in [5.74, 6) is -1.66. The fraction of sp³-hybridized carbons (Fsp3) is 0.533. The molecule has 1 amide bonds. The highest BCUT2D eigenvalue weighted by Gasteiger charge is 2.28. The van der Waals surface area contributed by atoms with E-state index in [0.29, 0.717) is 32.9 Å². The number of carbonyl (C=O) groups is 1. The van der Waals surface area contributed by atoms with Gasteiger partial charge in [-0.3, -0.25) is 4.79 Å². The van der Waals surface area contributed by atoms with Crippen LogP contribution in [0.3, 0.4) is 0 Å². The number of hydrogen-bond donors (Lipinski definition) is 0. The SMILES string of the molecule is COCCOC[C@H]1CCN(C(=O)c2ccc(F)cc2F)C1. The summed E-state index contributed by atoms with van der Waals surface area (Å²) in [6.07, 6.45) is 0.821. The minimum absolute atomic E-state index is 0.0858. The molecule has 116 valence electrons. The number of likely N-dealkylation sites (tertiary alicyclic amines) is 1.